The molecule has 124 valence electrons. The van der Waals surface area contributed by atoms with E-state index >= 15 is 0 Å². The van der Waals surface area contributed by atoms with Crippen molar-refractivity contribution in [3.05, 3.63) is 46.4 Å². The van der Waals surface area contributed by atoms with E-state index in [0.717, 1.165) is 16.7 Å². The first kappa shape index (κ1) is 17.3. The van der Waals surface area contributed by atoms with Crippen molar-refractivity contribution >= 4 is 11.9 Å². The van der Waals surface area contributed by atoms with Crippen molar-refractivity contribution in [2.45, 2.75) is 59.3 Å². The summed E-state index contributed by atoms with van der Waals surface area (Å²) in [6.45, 7) is 14.1. The van der Waals surface area contributed by atoms with Gasteiger partial charge in [-0.2, -0.15) is 0 Å². The number of allylic oxidation sites excluding steroid dienone is 2. The number of benzene rings is 1. The van der Waals surface area contributed by atoms with Gasteiger partial charge in [0.25, 0.3) is 0 Å². The minimum absolute atomic E-state index is 0.120. The Labute approximate surface area is 138 Å². The SMILES string of the molecule is CC1=CC(=O)/C(=C/c2cc(C(C)(C)C)c(O)c(C(C)(C)C)c2)O1. The van der Waals surface area contributed by atoms with Gasteiger partial charge in [0.15, 0.2) is 5.76 Å². The first-order valence-corrected chi connectivity index (χ1v) is 7.90. The van der Waals surface area contributed by atoms with E-state index in [1.54, 1.807) is 13.0 Å². The highest BCUT2D eigenvalue weighted by Gasteiger charge is 2.27. The summed E-state index contributed by atoms with van der Waals surface area (Å²) in [5.74, 6) is 1.14. The highest BCUT2D eigenvalue weighted by Crippen LogP contribution is 2.40. The van der Waals surface area contributed by atoms with E-state index in [1.807, 2.05) is 12.1 Å². The van der Waals surface area contributed by atoms with Crippen molar-refractivity contribution in [2.24, 2.45) is 0 Å². The van der Waals surface area contributed by atoms with Crippen LogP contribution in [0.5, 0.6) is 5.75 Å². The largest absolute Gasteiger partial charge is 0.507 e. The molecule has 0 bridgehead atoms. The zero-order valence-corrected chi connectivity index (χ0v) is 15.1. The molecule has 0 saturated carbocycles. The molecule has 0 amide bonds. The van der Waals surface area contributed by atoms with Crippen molar-refractivity contribution in [3.63, 3.8) is 0 Å². The van der Waals surface area contributed by atoms with E-state index in [1.165, 1.54) is 6.08 Å². The second-order valence-electron chi connectivity index (χ2n) is 8.19. The third-order valence-corrected chi connectivity index (χ3v) is 3.89. The third-order valence-electron chi connectivity index (χ3n) is 3.89. The van der Waals surface area contributed by atoms with Crippen molar-refractivity contribution in [2.75, 3.05) is 0 Å². The average Bonchev–Trinajstić information content (AvgIpc) is 2.67. The van der Waals surface area contributed by atoms with Crippen LogP contribution < -0.4 is 0 Å². The molecule has 0 aliphatic carbocycles. The van der Waals surface area contributed by atoms with E-state index in [-0.39, 0.29) is 16.6 Å². The molecule has 1 N–H and O–H groups in total. The van der Waals surface area contributed by atoms with Crippen molar-refractivity contribution in [1.82, 2.24) is 0 Å². The molecule has 0 fully saturated rings. The van der Waals surface area contributed by atoms with Gasteiger partial charge in [-0.15, -0.1) is 0 Å². The molecule has 0 saturated heterocycles. The van der Waals surface area contributed by atoms with Crippen LogP contribution >= 0.6 is 0 Å². The minimum Gasteiger partial charge on any atom is -0.507 e. The lowest BCUT2D eigenvalue weighted by Crippen LogP contribution is -2.17. The van der Waals surface area contributed by atoms with Gasteiger partial charge in [0, 0.05) is 17.2 Å². The second kappa shape index (κ2) is 5.55. The predicted octanol–water partition coefficient (Wildman–Crippen LogP) is 4.83. The molecule has 0 radical (unpaired) electrons. The number of carbonyl (C=O) groups is 1. The molecule has 3 heteroatoms. The molecule has 2 rings (SSSR count). The van der Waals surface area contributed by atoms with Crippen LogP contribution in [-0.4, -0.2) is 10.9 Å². The molecule has 0 spiro atoms. The van der Waals surface area contributed by atoms with E-state index in [9.17, 15) is 9.90 Å². The molecule has 0 unspecified atom stereocenters. The molecule has 1 aromatic carbocycles. The van der Waals surface area contributed by atoms with Crippen molar-refractivity contribution < 1.29 is 14.6 Å². The molecule has 0 atom stereocenters. The maximum atomic E-state index is 11.9. The molecular weight excluding hydrogens is 288 g/mol. The molecule has 1 aliphatic heterocycles. The van der Waals surface area contributed by atoms with Gasteiger partial charge < -0.3 is 9.84 Å². The Morgan fingerprint density at radius 3 is 1.83 bits per heavy atom. The molecule has 0 aromatic heterocycles. The molecular formula is C20H26O3. The predicted molar refractivity (Wildman–Crippen MR) is 93.3 cm³/mol. The lowest BCUT2D eigenvalue weighted by Gasteiger charge is -2.28. The third kappa shape index (κ3) is 3.66. The number of hydrogen-bond acceptors (Lipinski definition) is 3. The summed E-state index contributed by atoms with van der Waals surface area (Å²) in [5.41, 5.74) is 2.20. The van der Waals surface area contributed by atoms with Crippen LogP contribution in [0.4, 0.5) is 0 Å². The highest BCUT2D eigenvalue weighted by atomic mass is 16.5. The Morgan fingerprint density at radius 1 is 1.00 bits per heavy atom. The summed E-state index contributed by atoms with van der Waals surface area (Å²) < 4.78 is 5.47. The van der Waals surface area contributed by atoms with Gasteiger partial charge in [0.1, 0.15) is 11.5 Å². The maximum absolute atomic E-state index is 11.9. The first-order chi connectivity index (χ1) is 10.4. The summed E-state index contributed by atoms with van der Waals surface area (Å²) in [6.07, 6.45) is 3.24. The summed E-state index contributed by atoms with van der Waals surface area (Å²) in [6, 6.07) is 3.86. The van der Waals surface area contributed by atoms with Gasteiger partial charge in [0.2, 0.25) is 5.78 Å². The van der Waals surface area contributed by atoms with Crippen LogP contribution in [0.1, 0.15) is 65.2 Å². The summed E-state index contributed by atoms with van der Waals surface area (Å²) in [5, 5.41) is 10.7. The van der Waals surface area contributed by atoms with Gasteiger partial charge in [0.05, 0.1) is 0 Å². The standard InChI is InChI=1S/C20H26O3/c1-12-8-16(21)17(23-12)11-13-9-14(19(2,3)4)18(22)15(10-13)20(5,6)7/h8-11,22H,1-7H3/b17-11-. The van der Waals surface area contributed by atoms with Crippen LogP contribution in [0, 0.1) is 0 Å². The molecule has 1 aromatic rings. The fraction of sp³-hybridized carbons (Fsp3) is 0.450. The molecule has 1 aliphatic rings. The van der Waals surface area contributed by atoms with Crippen LogP contribution in [0.15, 0.2) is 29.7 Å². The smallest absolute Gasteiger partial charge is 0.224 e. The molecule has 3 nitrogen and oxygen atoms in total. The Bertz CT molecular complexity index is 672. The number of ketones is 1. The van der Waals surface area contributed by atoms with Crippen LogP contribution in [0.3, 0.4) is 0 Å². The lowest BCUT2D eigenvalue weighted by atomic mass is 9.78. The quantitative estimate of drug-likeness (QED) is 0.755. The van der Waals surface area contributed by atoms with Gasteiger partial charge >= 0.3 is 0 Å². The second-order valence-corrected chi connectivity index (χ2v) is 8.19. The monoisotopic (exact) mass is 314 g/mol. The van der Waals surface area contributed by atoms with Gasteiger partial charge in [-0.25, -0.2) is 0 Å². The number of rotatable bonds is 1. The molecule has 23 heavy (non-hydrogen) atoms. The lowest BCUT2D eigenvalue weighted by molar-refractivity contribution is -0.112. The molecule has 1 heterocycles. The number of phenolic OH excluding ortho intramolecular Hbond substituents is 1. The van der Waals surface area contributed by atoms with Crippen LogP contribution in [0.2, 0.25) is 0 Å². The average molecular weight is 314 g/mol. The fourth-order valence-electron chi connectivity index (χ4n) is 2.64. The van der Waals surface area contributed by atoms with E-state index in [0.29, 0.717) is 17.3 Å². The van der Waals surface area contributed by atoms with Crippen LogP contribution in [-0.2, 0) is 20.4 Å². The van der Waals surface area contributed by atoms with E-state index < -0.39 is 0 Å². The number of hydrogen-bond donors (Lipinski definition) is 1. The summed E-state index contributed by atoms with van der Waals surface area (Å²) in [7, 11) is 0. The Hall–Kier alpha value is -2.03. The number of phenols is 1. The van der Waals surface area contributed by atoms with Crippen molar-refractivity contribution in [3.8, 4) is 5.75 Å². The first-order valence-electron chi connectivity index (χ1n) is 7.90. The van der Waals surface area contributed by atoms with E-state index in [4.69, 9.17) is 4.74 Å². The number of carbonyl (C=O) groups excluding carboxylic acids is 1. The zero-order chi connectivity index (χ0) is 17.6. The Morgan fingerprint density at radius 2 is 1.48 bits per heavy atom. The van der Waals surface area contributed by atoms with E-state index in [2.05, 4.69) is 41.5 Å². The maximum Gasteiger partial charge on any atom is 0.224 e. The van der Waals surface area contributed by atoms with Crippen molar-refractivity contribution in [1.29, 1.82) is 0 Å². The van der Waals surface area contributed by atoms with Crippen LogP contribution in [0.25, 0.3) is 6.08 Å². The number of aromatic hydroxyl groups is 1. The normalized spacial score (nSPS) is 17.4. The van der Waals surface area contributed by atoms with Gasteiger partial charge in [-0.3, -0.25) is 4.79 Å². The summed E-state index contributed by atoms with van der Waals surface area (Å²) >= 11 is 0. The highest BCUT2D eigenvalue weighted by molar-refractivity contribution is 6.07. The fourth-order valence-corrected chi connectivity index (χ4v) is 2.64. The van der Waals surface area contributed by atoms with Gasteiger partial charge in [-0.1, -0.05) is 41.5 Å². The van der Waals surface area contributed by atoms with Gasteiger partial charge in [-0.05, 0) is 41.5 Å². The summed E-state index contributed by atoms with van der Waals surface area (Å²) in [4.78, 5) is 11.9. The topological polar surface area (TPSA) is 46.5 Å². The number of ether oxygens (including phenoxy) is 1. The Balaban J connectivity index is 2.62. The minimum atomic E-state index is -0.201. The zero-order valence-electron chi connectivity index (χ0n) is 15.1. The Kier molecular flexibility index (Phi) is 4.18.